The van der Waals surface area contributed by atoms with Crippen LogP contribution in [0.1, 0.15) is 12.5 Å². The number of hydrogen-bond donors (Lipinski definition) is 1. The van der Waals surface area contributed by atoms with E-state index in [4.69, 9.17) is 13.9 Å². The Morgan fingerprint density at radius 2 is 1.65 bits per heavy atom. The SMILES string of the molecule is C[C@H](NC(=O)OCc1ccccc1)C(=O)Oc1ccc2c(c1)oc(=O)c1ccccc12. The molecular weight excluding hydrogens is 398 g/mol. The Labute approximate surface area is 177 Å². The second-order valence-corrected chi connectivity index (χ2v) is 6.94. The molecule has 1 amide bonds. The molecule has 156 valence electrons. The molecule has 4 aromatic rings. The van der Waals surface area contributed by atoms with Gasteiger partial charge in [-0.3, -0.25) is 0 Å². The van der Waals surface area contributed by atoms with Crippen molar-refractivity contribution in [1.82, 2.24) is 5.32 Å². The van der Waals surface area contributed by atoms with E-state index in [2.05, 4.69) is 5.32 Å². The summed E-state index contributed by atoms with van der Waals surface area (Å²) in [5.74, 6) is -0.485. The number of fused-ring (bicyclic) bond motifs is 3. The average molecular weight is 417 g/mol. The van der Waals surface area contributed by atoms with Gasteiger partial charge in [-0.15, -0.1) is 0 Å². The predicted octanol–water partition coefficient (Wildman–Crippen LogP) is 4.17. The van der Waals surface area contributed by atoms with Crippen LogP contribution >= 0.6 is 0 Å². The molecule has 0 unspecified atom stereocenters. The molecule has 1 aromatic heterocycles. The van der Waals surface area contributed by atoms with Crippen LogP contribution in [0.3, 0.4) is 0 Å². The summed E-state index contributed by atoms with van der Waals surface area (Å²) in [6.07, 6.45) is -0.732. The fourth-order valence-corrected chi connectivity index (χ4v) is 3.13. The van der Waals surface area contributed by atoms with Gasteiger partial charge in [0.2, 0.25) is 0 Å². The molecule has 1 heterocycles. The van der Waals surface area contributed by atoms with Gasteiger partial charge in [0.1, 0.15) is 24.0 Å². The Balaban J connectivity index is 1.42. The molecule has 0 saturated carbocycles. The van der Waals surface area contributed by atoms with Crippen molar-refractivity contribution in [3.05, 3.63) is 88.8 Å². The van der Waals surface area contributed by atoms with Gasteiger partial charge < -0.3 is 19.2 Å². The molecule has 0 saturated heterocycles. The minimum absolute atomic E-state index is 0.0894. The molecule has 3 aromatic carbocycles. The van der Waals surface area contributed by atoms with E-state index in [0.29, 0.717) is 11.0 Å². The normalized spacial score (nSPS) is 11.8. The van der Waals surface area contributed by atoms with Gasteiger partial charge in [-0.1, -0.05) is 48.5 Å². The topological polar surface area (TPSA) is 94.8 Å². The summed E-state index contributed by atoms with van der Waals surface area (Å²) in [6.45, 7) is 1.58. The predicted molar refractivity (Wildman–Crippen MR) is 115 cm³/mol. The highest BCUT2D eigenvalue weighted by Gasteiger charge is 2.19. The third-order valence-electron chi connectivity index (χ3n) is 4.71. The van der Waals surface area contributed by atoms with E-state index >= 15 is 0 Å². The number of benzene rings is 3. The van der Waals surface area contributed by atoms with Crippen molar-refractivity contribution < 1.29 is 23.5 Å². The van der Waals surface area contributed by atoms with Gasteiger partial charge in [0, 0.05) is 11.5 Å². The number of ether oxygens (including phenoxy) is 2. The van der Waals surface area contributed by atoms with E-state index in [-0.39, 0.29) is 12.4 Å². The quantitative estimate of drug-likeness (QED) is 0.227. The first-order valence-electron chi connectivity index (χ1n) is 9.66. The van der Waals surface area contributed by atoms with Crippen molar-refractivity contribution in [3.8, 4) is 5.75 Å². The fourth-order valence-electron chi connectivity index (χ4n) is 3.13. The van der Waals surface area contributed by atoms with Crippen LogP contribution in [0, 0.1) is 0 Å². The van der Waals surface area contributed by atoms with Crippen LogP contribution < -0.4 is 15.7 Å². The van der Waals surface area contributed by atoms with Crippen molar-refractivity contribution in [2.75, 3.05) is 0 Å². The number of nitrogens with one attached hydrogen (secondary N) is 1. The van der Waals surface area contributed by atoms with Crippen LogP contribution in [0.15, 0.2) is 82.0 Å². The maximum Gasteiger partial charge on any atom is 0.408 e. The number of carbonyl (C=O) groups excluding carboxylic acids is 2. The van der Waals surface area contributed by atoms with Crippen molar-refractivity contribution >= 4 is 33.8 Å². The minimum Gasteiger partial charge on any atom is -0.445 e. The molecule has 7 nitrogen and oxygen atoms in total. The summed E-state index contributed by atoms with van der Waals surface area (Å²) in [4.78, 5) is 36.5. The van der Waals surface area contributed by atoms with E-state index in [1.807, 2.05) is 42.5 Å². The lowest BCUT2D eigenvalue weighted by Crippen LogP contribution is -2.41. The first kappa shape index (κ1) is 20.2. The van der Waals surface area contributed by atoms with E-state index in [9.17, 15) is 14.4 Å². The van der Waals surface area contributed by atoms with Gasteiger partial charge in [0.15, 0.2) is 0 Å². The summed E-state index contributed by atoms with van der Waals surface area (Å²) >= 11 is 0. The van der Waals surface area contributed by atoms with Crippen molar-refractivity contribution in [2.45, 2.75) is 19.6 Å². The number of alkyl carbamates (subject to hydrolysis) is 1. The molecular formula is C24H19NO6. The monoisotopic (exact) mass is 417 g/mol. The summed E-state index contributed by atoms with van der Waals surface area (Å²) in [5, 5.41) is 4.39. The Morgan fingerprint density at radius 1 is 0.935 bits per heavy atom. The van der Waals surface area contributed by atoms with Gasteiger partial charge in [0.25, 0.3) is 0 Å². The van der Waals surface area contributed by atoms with Gasteiger partial charge in [-0.25, -0.2) is 14.4 Å². The molecule has 0 aliphatic rings. The second kappa shape index (κ2) is 8.71. The molecule has 0 fully saturated rings. The second-order valence-electron chi connectivity index (χ2n) is 6.94. The van der Waals surface area contributed by atoms with E-state index in [0.717, 1.165) is 16.3 Å². The number of hydrogen-bond acceptors (Lipinski definition) is 6. The number of amides is 1. The third-order valence-corrected chi connectivity index (χ3v) is 4.71. The Morgan fingerprint density at radius 3 is 2.42 bits per heavy atom. The smallest absolute Gasteiger partial charge is 0.408 e. The zero-order valence-corrected chi connectivity index (χ0v) is 16.7. The minimum atomic E-state index is -0.942. The van der Waals surface area contributed by atoms with Crippen molar-refractivity contribution in [3.63, 3.8) is 0 Å². The molecule has 31 heavy (non-hydrogen) atoms. The van der Waals surface area contributed by atoms with E-state index in [1.54, 1.807) is 24.3 Å². The molecule has 7 heteroatoms. The zero-order valence-electron chi connectivity index (χ0n) is 16.7. The average Bonchev–Trinajstić information content (AvgIpc) is 2.78. The summed E-state index contributed by atoms with van der Waals surface area (Å²) in [5.41, 5.74) is 0.665. The third kappa shape index (κ3) is 4.56. The van der Waals surface area contributed by atoms with Gasteiger partial charge in [-0.2, -0.15) is 0 Å². The highest BCUT2D eigenvalue weighted by Crippen LogP contribution is 2.26. The summed E-state index contributed by atoms with van der Waals surface area (Å²) in [7, 11) is 0. The van der Waals surface area contributed by atoms with Crippen molar-refractivity contribution in [2.24, 2.45) is 0 Å². The highest BCUT2D eigenvalue weighted by atomic mass is 16.6. The Kier molecular flexibility index (Phi) is 5.66. The number of rotatable bonds is 5. The van der Waals surface area contributed by atoms with Gasteiger partial charge in [-0.05, 0) is 36.1 Å². The Hall–Kier alpha value is -4.13. The van der Waals surface area contributed by atoms with Gasteiger partial charge >= 0.3 is 17.7 Å². The highest BCUT2D eigenvalue weighted by molar-refractivity contribution is 6.04. The molecule has 0 aliphatic carbocycles. The van der Waals surface area contributed by atoms with Gasteiger partial charge in [0.05, 0.1) is 5.39 Å². The number of esters is 1. The van der Waals surface area contributed by atoms with Crippen LogP contribution in [-0.4, -0.2) is 18.1 Å². The van der Waals surface area contributed by atoms with Crippen LogP contribution in [-0.2, 0) is 16.1 Å². The van der Waals surface area contributed by atoms with Crippen LogP contribution in [0.2, 0.25) is 0 Å². The fraction of sp³-hybridized carbons (Fsp3) is 0.125. The lowest BCUT2D eigenvalue weighted by Gasteiger charge is -2.13. The van der Waals surface area contributed by atoms with Crippen molar-refractivity contribution in [1.29, 1.82) is 0 Å². The first-order valence-corrected chi connectivity index (χ1v) is 9.66. The molecule has 0 spiro atoms. The first-order chi connectivity index (χ1) is 15.0. The largest absolute Gasteiger partial charge is 0.445 e. The summed E-state index contributed by atoms with van der Waals surface area (Å²) < 4.78 is 15.8. The molecule has 4 rings (SSSR count). The molecule has 1 N–H and O–H groups in total. The summed E-state index contributed by atoms with van der Waals surface area (Å²) in [6, 6.07) is 20.2. The number of carbonyl (C=O) groups is 2. The van der Waals surface area contributed by atoms with Crippen LogP contribution in [0.4, 0.5) is 4.79 Å². The van der Waals surface area contributed by atoms with E-state index in [1.165, 1.54) is 13.0 Å². The van der Waals surface area contributed by atoms with E-state index < -0.39 is 23.7 Å². The molecule has 1 atom stereocenters. The van der Waals surface area contributed by atoms with Crippen LogP contribution in [0.25, 0.3) is 21.7 Å². The Bertz CT molecular complexity index is 1310. The molecule has 0 radical (unpaired) electrons. The molecule has 0 aliphatic heterocycles. The maximum absolute atomic E-state index is 12.4. The maximum atomic E-state index is 12.4. The lowest BCUT2D eigenvalue weighted by atomic mass is 10.1. The standard InChI is InChI=1S/C24H19NO6/c1-15(25-24(28)29-14-16-7-3-2-4-8-16)22(26)30-17-11-12-19-18-9-5-6-10-20(18)23(27)31-21(19)13-17/h2-13,15H,14H2,1H3,(H,25,28)/t15-/m0/s1. The molecule has 0 bridgehead atoms. The van der Waals surface area contributed by atoms with Crippen LogP contribution in [0.5, 0.6) is 5.75 Å². The lowest BCUT2D eigenvalue weighted by molar-refractivity contribution is -0.136. The zero-order chi connectivity index (χ0) is 21.8.